The van der Waals surface area contributed by atoms with Crippen LogP contribution in [-0.2, 0) is 12.2 Å². The highest BCUT2D eigenvalue weighted by molar-refractivity contribution is 7.98. The molecule has 9 heteroatoms. The highest BCUT2D eigenvalue weighted by Crippen LogP contribution is 2.27. The minimum atomic E-state index is -0.427. The summed E-state index contributed by atoms with van der Waals surface area (Å²) in [4.78, 5) is 16.7. The van der Waals surface area contributed by atoms with E-state index >= 15 is 0 Å². The summed E-state index contributed by atoms with van der Waals surface area (Å²) in [6.45, 7) is 1.92. The Morgan fingerprint density at radius 1 is 1.30 bits per heavy atom. The molecule has 0 aliphatic carbocycles. The van der Waals surface area contributed by atoms with Crippen molar-refractivity contribution < 1.29 is 9.21 Å². The van der Waals surface area contributed by atoms with Gasteiger partial charge in [0.25, 0.3) is 5.91 Å². The van der Waals surface area contributed by atoms with E-state index in [-0.39, 0.29) is 16.9 Å². The van der Waals surface area contributed by atoms with Crippen LogP contribution in [0.25, 0.3) is 0 Å². The molecule has 0 aliphatic heterocycles. The van der Waals surface area contributed by atoms with Crippen LogP contribution >= 0.6 is 11.8 Å². The number of aryl methyl sites for hydroxylation is 1. The van der Waals surface area contributed by atoms with Crippen LogP contribution in [0.1, 0.15) is 34.6 Å². The average molecular weight is 380 g/mol. The summed E-state index contributed by atoms with van der Waals surface area (Å²) < 4.78 is 5.44. The third kappa shape index (κ3) is 4.43. The fourth-order valence-corrected chi connectivity index (χ4v) is 3.02. The second-order valence-corrected chi connectivity index (χ2v) is 6.40. The number of nitrogen functional groups attached to an aromatic ring is 1. The van der Waals surface area contributed by atoms with Crippen LogP contribution in [-0.4, -0.2) is 21.1 Å². The van der Waals surface area contributed by atoms with Crippen molar-refractivity contribution in [3.63, 3.8) is 0 Å². The van der Waals surface area contributed by atoms with E-state index in [0.717, 1.165) is 0 Å². The van der Waals surface area contributed by atoms with Gasteiger partial charge in [-0.05, 0) is 18.2 Å². The first-order valence-electron chi connectivity index (χ1n) is 8.11. The van der Waals surface area contributed by atoms with Crippen LogP contribution in [0.5, 0.6) is 0 Å². The van der Waals surface area contributed by atoms with E-state index in [9.17, 15) is 10.1 Å². The third-order valence-corrected chi connectivity index (χ3v) is 4.53. The van der Waals surface area contributed by atoms with Crippen LogP contribution < -0.4 is 11.1 Å². The first kappa shape index (κ1) is 18.4. The Balaban J connectivity index is 1.78. The lowest BCUT2D eigenvalue weighted by Gasteiger charge is -2.09. The number of nitrogens with one attached hydrogen (secondary N) is 1. The molecular formula is C18H16N6O2S. The number of aromatic nitrogens is 3. The van der Waals surface area contributed by atoms with Crippen LogP contribution in [0.2, 0.25) is 0 Å². The Hall–Kier alpha value is -3.38. The van der Waals surface area contributed by atoms with Gasteiger partial charge in [0.2, 0.25) is 11.8 Å². The third-order valence-electron chi connectivity index (χ3n) is 3.56. The van der Waals surface area contributed by atoms with Crippen molar-refractivity contribution in [1.29, 1.82) is 5.26 Å². The number of pyridine rings is 1. The summed E-state index contributed by atoms with van der Waals surface area (Å²) in [5.74, 6) is 0.955. The largest absolute Gasteiger partial charge is 0.424 e. The van der Waals surface area contributed by atoms with Crippen molar-refractivity contribution in [1.82, 2.24) is 15.2 Å². The average Bonchev–Trinajstić information content (AvgIpc) is 3.15. The highest BCUT2D eigenvalue weighted by atomic mass is 32.2. The Kier molecular flexibility index (Phi) is 5.68. The van der Waals surface area contributed by atoms with E-state index in [1.807, 2.05) is 19.1 Å². The van der Waals surface area contributed by atoms with Gasteiger partial charge in [-0.25, -0.2) is 4.98 Å². The summed E-state index contributed by atoms with van der Waals surface area (Å²) >= 11 is 1.25. The molecule has 3 aromatic rings. The lowest BCUT2D eigenvalue weighted by atomic mass is 10.2. The van der Waals surface area contributed by atoms with Gasteiger partial charge in [0.15, 0.2) is 0 Å². The Bertz CT molecular complexity index is 997. The maximum atomic E-state index is 12.4. The molecule has 27 heavy (non-hydrogen) atoms. The second kappa shape index (κ2) is 8.33. The molecule has 0 fully saturated rings. The zero-order chi connectivity index (χ0) is 19.2. The standard InChI is InChI=1S/C18H16N6O2S/c1-2-14-23-24-15(26-14)10-27-18-11(9-19)8-13(16(20)22-18)17(25)21-12-6-4-3-5-7-12/h3-8H,2,10H2,1H3,(H2,20,22)(H,21,25). The van der Waals surface area contributed by atoms with Gasteiger partial charge in [-0.1, -0.05) is 36.9 Å². The van der Waals surface area contributed by atoms with Gasteiger partial charge in [-0.15, -0.1) is 10.2 Å². The molecule has 136 valence electrons. The number of carbonyl (C=O) groups is 1. The molecule has 0 spiro atoms. The number of carbonyl (C=O) groups excluding carboxylic acids is 1. The maximum absolute atomic E-state index is 12.4. The van der Waals surface area contributed by atoms with Gasteiger partial charge in [0.05, 0.1) is 16.9 Å². The van der Waals surface area contributed by atoms with Crippen molar-refractivity contribution in [3.05, 3.63) is 59.3 Å². The zero-order valence-corrected chi connectivity index (χ0v) is 15.3. The molecule has 0 aliphatic rings. The van der Waals surface area contributed by atoms with Crippen molar-refractivity contribution in [2.24, 2.45) is 0 Å². The summed E-state index contributed by atoms with van der Waals surface area (Å²) in [5.41, 5.74) is 6.97. The molecule has 0 saturated heterocycles. The Labute approximate surface area is 159 Å². The number of anilines is 2. The van der Waals surface area contributed by atoms with Crippen molar-refractivity contribution >= 4 is 29.2 Å². The van der Waals surface area contributed by atoms with Gasteiger partial charge in [-0.2, -0.15) is 5.26 Å². The molecule has 8 nitrogen and oxygen atoms in total. The molecule has 0 bridgehead atoms. The quantitative estimate of drug-likeness (QED) is 0.624. The molecule has 2 heterocycles. The predicted octanol–water partition coefficient (Wildman–Crippen LogP) is 3.03. The summed E-state index contributed by atoms with van der Waals surface area (Å²) in [6, 6.07) is 12.5. The fraction of sp³-hybridized carbons (Fsp3) is 0.167. The molecule has 1 aromatic carbocycles. The predicted molar refractivity (Wildman–Crippen MR) is 101 cm³/mol. The van der Waals surface area contributed by atoms with E-state index < -0.39 is 5.91 Å². The molecule has 2 aromatic heterocycles. The second-order valence-electron chi connectivity index (χ2n) is 5.44. The van der Waals surface area contributed by atoms with Gasteiger partial charge in [-0.3, -0.25) is 4.79 Å². The van der Waals surface area contributed by atoms with E-state index in [2.05, 4.69) is 20.5 Å². The highest BCUT2D eigenvalue weighted by Gasteiger charge is 2.17. The van der Waals surface area contributed by atoms with E-state index in [0.29, 0.717) is 34.7 Å². The number of nitrogens with zero attached hydrogens (tertiary/aromatic N) is 4. The van der Waals surface area contributed by atoms with Gasteiger partial charge in [0.1, 0.15) is 16.9 Å². The number of amides is 1. The summed E-state index contributed by atoms with van der Waals surface area (Å²) in [6.07, 6.45) is 0.650. The molecule has 3 N–H and O–H groups in total. The van der Waals surface area contributed by atoms with E-state index in [1.165, 1.54) is 17.8 Å². The van der Waals surface area contributed by atoms with Crippen LogP contribution in [0.3, 0.4) is 0 Å². The molecular weight excluding hydrogens is 364 g/mol. The fourth-order valence-electron chi connectivity index (χ4n) is 2.22. The first-order chi connectivity index (χ1) is 13.1. The number of rotatable bonds is 6. The Morgan fingerprint density at radius 3 is 2.70 bits per heavy atom. The van der Waals surface area contributed by atoms with Gasteiger partial charge < -0.3 is 15.5 Å². The molecule has 0 atom stereocenters. The van der Waals surface area contributed by atoms with Crippen LogP contribution in [0, 0.1) is 11.3 Å². The summed E-state index contributed by atoms with van der Waals surface area (Å²) in [5, 5.41) is 20.4. The number of nitriles is 1. The van der Waals surface area contributed by atoms with E-state index in [4.69, 9.17) is 10.2 Å². The Morgan fingerprint density at radius 2 is 2.04 bits per heavy atom. The van der Waals surface area contributed by atoms with Gasteiger partial charge in [0, 0.05) is 12.1 Å². The van der Waals surface area contributed by atoms with Crippen molar-refractivity contribution in [3.8, 4) is 6.07 Å². The topological polar surface area (TPSA) is 131 Å². The molecule has 0 unspecified atom stereocenters. The number of hydrogen-bond donors (Lipinski definition) is 2. The normalized spacial score (nSPS) is 10.4. The number of para-hydroxylation sites is 1. The lowest BCUT2D eigenvalue weighted by molar-refractivity contribution is 0.102. The van der Waals surface area contributed by atoms with Crippen LogP contribution in [0.15, 0.2) is 45.8 Å². The number of nitrogens with two attached hydrogens (primary N) is 1. The number of benzene rings is 1. The van der Waals surface area contributed by atoms with Gasteiger partial charge >= 0.3 is 0 Å². The minimum absolute atomic E-state index is 0.0460. The van der Waals surface area contributed by atoms with Crippen molar-refractivity contribution in [2.45, 2.75) is 24.1 Å². The smallest absolute Gasteiger partial charge is 0.259 e. The monoisotopic (exact) mass is 380 g/mol. The SMILES string of the molecule is CCc1nnc(CSc2nc(N)c(C(=O)Nc3ccccc3)cc2C#N)o1. The van der Waals surface area contributed by atoms with E-state index in [1.54, 1.807) is 24.3 Å². The van der Waals surface area contributed by atoms with Crippen LogP contribution in [0.4, 0.5) is 11.5 Å². The number of hydrogen-bond acceptors (Lipinski definition) is 8. The van der Waals surface area contributed by atoms with Crippen molar-refractivity contribution in [2.75, 3.05) is 11.1 Å². The maximum Gasteiger partial charge on any atom is 0.259 e. The first-order valence-corrected chi connectivity index (χ1v) is 9.10. The summed E-state index contributed by atoms with van der Waals surface area (Å²) in [7, 11) is 0. The molecule has 0 radical (unpaired) electrons. The molecule has 0 saturated carbocycles. The molecule has 3 rings (SSSR count). The molecule has 1 amide bonds. The minimum Gasteiger partial charge on any atom is -0.424 e. The lowest BCUT2D eigenvalue weighted by Crippen LogP contribution is -2.15. The zero-order valence-electron chi connectivity index (χ0n) is 14.5. The number of thioether (sulfide) groups is 1.